The van der Waals surface area contributed by atoms with Crippen molar-refractivity contribution in [3.05, 3.63) is 30.3 Å². The van der Waals surface area contributed by atoms with Crippen LogP contribution >= 0.6 is 0 Å². The summed E-state index contributed by atoms with van der Waals surface area (Å²) in [5.74, 6) is -0.464. The summed E-state index contributed by atoms with van der Waals surface area (Å²) >= 11 is 0. The topological polar surface area (TPSA) is 89.3 Å². The maximum atomic E-state index is 13.0. The number of imide groups is 1. The number of piperidine rings is 2. The molecule has 0 aromatic heterocycles. The van der Waals surface area contributed by atoms with Crippen LogP contribution in [-0.4, -0.2) is 55.5 Å². The van der Waals surface area contributed by atoms with Crippen LogP contribution < -0.4 is 20.4 Å². The maximum absolute atomic E-state index is 13.0. The molecule has 3 aliphatic rings. The van der Waals surface area contributed by atoms with Gasteiger partial charge in [-0.05, 0) is 31.4 Å². The lowest BCUT2D eigenvalue weighted by atomic mass is 9.83. The Morgan fingerprint density at radius 3 is 2.25 bits per heavy atom. The van der Waals surface area contributed by atoms with Crippen LogP contribution in [0.4, 0.5) is 5.69 Å². The van der Waals surface area contributed by atoms with Gasteiger partial charge in [0, 0.05) is 0 Å². The van der Waals surface area contributed by atoms with Crippen molar-refractivity contribution in [3.63, 3.8) is 0 Å². The van der Waals surface area contributed by atoms with Gasteiger partial charge in [0.2, 0.25) is 5.91 Å². The number of carbonyl (C=O) groups excluding carboxylic acids is 3. The fraction of sp³-hybridized carbons (Fsp3) is 0.571. The van der Waals surface area contributed by atoms with E-state index in [-0.39, 0.29) is 30.2 Å². The molecule has 7 nitrogen and oxygen atoms in total. The highest BCUT2D eigenvalue weighted by atomic mass is 16.2. The van der Waals surface area contributed by atoms with Gasteiger partial charge in [-0.15, -0.1) is 0 Å². The molecule has 0 spiro atoms. The van der Waals surface area contributed by atoms with Crippen LogP contribution in [0.3, 0.4) is 0 Å². The molecule has 1 aromatic carbocycles. The summed E-state index contributed by atoms with van der Waals surface area (Å²) in [6.07, 6.45) is 5.13. The minimum absolute atomic E-state index is 0.122. The second-order valence-corrected chi connectivity index (χ2v) is 8.43. The van der Waals surface area contributed by atoms with Crippen molar-refractivity contribution in [2.75, 3.05) is 31.1 Å². The molecule has 28 heavy (non-hydrogen) atoms. The highest BCUT2D eigenvalue weighted by Crippen LogP contribution is 2.22. The zero-order valence-electron chi connectivity index (χ0n) is 16.3. The SMILES string of the molecule is NC(=O)C1([NH+]2CCCCC2)CC[NH+]([C@@H]2CC(=O)N(c3ccccc3)C2=O)CC1. The van der Waals surface area contributed by atoms with E-state index in [1.54, 1.807) is 12.1 Å². The van der Waals surface area contributed by atoms with Crippen LogP contribution in [0.5, 0.6) is 0 Å². The van der Waals surface area contributed by atoms with Crippen molar-refractivity contribution in [1.82, 2.24) is 0 Å². The summed E-state index contributed by atoms with van der Waals surface area (Å²) in [5, 5.41) is 0. The van der Waals surface area contributed by atoms with Crippen LogP contribution in [0.25, 0.3) is 0 Å². The molecule has 3 aliphatic heterocycles. The molecule has 0 saturated carbocycles. The average Bonchev–Trinajstić information content (AvgIpc) is 3.03. The molecular formula is C21H30N4O3+2. The number of likely N-dealkylation sites (tertiary alicyclic amines) is 2. The number of carbonyl (C=O) groups is 3. The summed E-state index contributed by atoms with van der Waals surface area (Å²) in [7, 11) is 0. The fourth-order valence-electron chi connectivity index (χ4n) is 5.38. The molecule has 150 valence electrons. The van der Waals surface area contributed by atoms with Crippen LogP contribution in [0.15, 0.2) is 30.3 Å². The van der Waals surface area contributed by atoms with E-state index in [4.69, 9.17) is 5.73 Å². The summed E-state index contributed by atoms with van der Waals surface area (Å²) in [6.45, 7) is 3.42. The van der Waals surface area contributed by atoms with E-state index >= 15 is 0 Å². The second-order valence-electron chi connectivity index (χ2n) is 8.43. The van der Waals surface area contributed by atoms with Crippen molar-refractivity contribution in [3.8, 4) is 0 Å². The van der Waals surface area contributed by atoms with Crippen LogP contribution in [-0.2, 0) is 14.4 Å². The molecule has 3 heterocycles. The molecule has 1 atom stereocenters. The van der Waals surface area contributed by atoms with E-state index in [1.165, 1.54) is 16.2 Å². The van der Waals surface area contributed by atoms with Gasteiger partial charge >= 0.3 is 0 Å². The summed E-state index contributed by atoms with van der Waals surface area (Å²) in [6, 6.07) is 8.77. The van der Waals surface area contributed by atoms with Gasteiger partial charge in [-0.3, -0.25) is 14.4 Å². The van der Waals surface area contributed by atoms with Gasteiger partial charge in [-0.2, -0.15) is 0 Å². The van der Waals surface area contributed by atoms with Crippen molar-refractivity contribution in [2.45, 2.75) is 50.1 Å². The number of para-hydroxylation sites is 1. The third-order valence-corrected chi connectivity index (χ3v) is 7.01. The smallest absolute Gasteiger partial charge is 0.292 e. The van der Waals surface area contributed by atoms with Crippen molar-refractivity contribution in [2.24, 2.45) is 5.73 Å². The molecule has 0 aliphatic carbocycles. The first-order chi connectivity index (χ1) is 13.5. The number of nitrogens with two attached hydrogens (primary N) is 1. The molecule has 0 bridgehead atoms. The predicted molar refractivity (Wildman–Crippen MR) is 104 cm³/mol. The number of benzene rings is 1. The first-order valence-electron chi connectivity index (χ1n) is 10.4. The predicted octanol–water partition coefficient (Wildman–Crippen LogP) is -1.71. The molecule has 7 heteroatoms. The highest BCUT2D eigenvalue weighted by molar-refractivity contribution is 6.21. The number of nitrogens with zero attached hydrogens (tertiary/aromatic N) is 1. The van der Waals surface area contributed by atoms with Gasteiger partial charge in [-0.1, -0.05) is 18.2 Å². The Labute approximate surface area is 165 Å². The number of anilines is 1. The fourth-order valence-corrected chi connectivity index (χ4v) is 5.38. The lowest BCUT2D eigenvalue weighted by Crippen LogP contribution is -3.27. The van der Waals surface area contributed by atoms with E-state index in [1.807, 2.05) is 18.2 Å². The lowest BCUT2D eigenvalue weighted by molar-refractivity contribution is -0.978. The number of nitrogens with one attached hydrogen (secondary N) is 2. The molecule has 4 rings (SSSR count). The molecule has 0 unspecified atom stereocenters. The number of hydrogen-bond donors (Lipinski definition) is 3. The van der Waals surface area contributed by atoms with Gasteiger partial charge < -0.3 is 15.5 Å². The Morgan fingerprint density at radius 2 is 1.64 bits per heavy atom. The summed E-state index contributed by atoms with van der Waals surface area (Å²) in [4.78, 5) is 41.7. The molecule has 3 fully saturated rings. The monoisotopic (exact) mass is 386 g/mol. The standard InChI is InChI=1S/C21H28N4O3/c22-20(28)21(24-11-5-2-6-12-24)9-13-23(14-10-21)17-15-18(26)25(19(17)27)16-7-3-1-4-8-16/h1,3-4,7-8,17H,2,5-6,9-15H2,(H2,22,28)/p+2/t17-/m1/s1. The van der Waals surface area contributed by atoms with E-state index in [0.29, 0.717) is 31.6 Å². The largest absolute Gasteiger partial charge is 0.364 e. The van der Waals surface area contributed by atoms with Crippen LogP contribution in [0.1, 0.15) is 38.5 Å². The number of rotatable bonds is 4. The minimum atomic E-state index is -0.505. The summed E-state index contributed by atoms with van der Waals surface area (Å²) < 4.78 is 0. The average molecular weight is 386 g/mol. The molecule has 3 amide bonds. The Hall–Kier alpha value is -2.25. The van der Waals surface area contributed by atoms with E-state index in [2.05, 4.69) is 0 Å². The number of primary amides is 1. The quantitative estimate of drug-likeness (QED) is 0.539. The van der Waals surface area contributed by atoms with Gasteiger partial charge in [0.05, 0.1) is 51.1 Å². The van der Waals surface area contributed by atoms with E-state index in [9.17, 15) is 14.4 Å². The zero-order valence-corrected chi connectivity index (χ0v) is 16.3. The molecular weight excluding hydrogens is 356 g/mol. The highest BCUT2D eigenvalue weighted by Gasteiger charge is 2.54. The van der Waals surface area contributed by atoms with Crippen LogP contribution in [0.2, 0.25) is 0 Å². The zero-order chi connectivity index (χ0) is 19.7. The second kappa shape index (κ2) is 7.64. The van der Waals surface area contributed by atoms with E-state index in [0.717, 1.165) is 30.8 Å². The Balaban J connectivity index is 1.47. The first kappa shape index (κ1) is 19.1. The molecule has 4 N–H and O–H groups in total. The van der Waals surface area contributed by atoms with Crippen molar-refractivity contribution in [1.29, 1.82) is 0 Å². The third-order valence-electron chi connectivity index (χ3n) is 7.01. The molecule has 0 radical (unpaired) electrons. The molecule has 1 aromatic rings. The van der Waals surface area contributed by atoms with Gasteiger partial charge in [-0.25, -0.2) is 4.90 Å². The third kappa shape index (κ3) is 3.22. The van der Waals surface area contributed by atoms with Crippen LogP contribution in [0, 0.1) is 0 Å². The maximum Gasteiger partial charge on any atom is 0.292 e. The molecule has 3 saturated heterocycles. The van der Waals surface area contributed by atoms with Gasteiger partial charge in [0.1, 0.15) is 0 Å². The lowest BCUT2D eigenvalue weighted by Gasteiger charge is -2.44. The normalized spacial score (nSPS) is 31.9. The Morgan fingerprint density at radius 1 is 1.00 bits per heavy atom. The Kier molecular flexibility index (Phi) is 5.21. The number of hydrogen-bond acceptors (Lipinski definition) is 3. The van der Waals surface area contributed by atoms with Crippen molar-refractivity contribution < 1.29 is 24.2 Å². The van der Waals surface area contributed by atoms with E-state index < -0.39 is 5.54 Å². The minimum Gasteiger partial charge on any atom is -0.364 e. The Bertz CT molecular complexity index is 752. The summed E-state index contributed by atoms with van der Waals surface area (Å²) in [5.41, 5.74) is 6.02. The van der Waals surface area contributed by atoms with Gasteiger partial charge in [0.25, 0.3) is 11.8 Å². The number of amides is 3. The van der Waals surface area contributed by atoms with Gasteiger partial charge in [0.15, 0.2) is 11.6 Å². The first-order valence-corrected chi connectivity index (χ1v) is 10.4. The number of quaternary nitrogens is 2. The van der Waals surface area contributed by atoms with Crippen molar-refractivity contribution >= 4 is 23.4 Å².